The third-order valence-corrected chi connectivity index (χ3v) is 6.13. The van der Waals surface area contributed by atoms with Crippen molar-refractivity contribution in [2.45, 2.75) is 83.6 Å². The number of hydrogen-bond acceptors (Lipinski definition) is 5. The molecule has 1 aromatic heterocycles. The molecular formula is C31H39FN2O4. The molecule has 1 aliphatic carbocycles. The normalized spacial score (nSPS) is 15.1. The van der Waals surface area contributed by atoms with Gasteiger partial charge in [0.15, 0.2) is 0 Å². The smallest absolute Gasteiger partial charge is 0.305 e. The van der Waals surface area contributed by atoms with E-state index in [2.05, 4.69) is 33.0 Å². The molecule has 3 aromatic rings. The van der Waals surface area contributed by atoms with Gasteiger partial charge >= 0.3 is 5.97 Å². The van der Waals surface area contributed by atoms with Gasteiger partial charge in [-0.2, -0.15) is 0 Å². The summed E-state index contributed by atoms with van der Waals surface area (Å²) in [5.74, 6) is -1.10. The molecule has 204 valence electrons. The first kappa shape index (κ1) is 29.4. The average Bonchev–Trinajstić information content (AvgIpc) is 3.67. The van der Waals surface area contributed by atoms with Crippen LogP contribution in [0.1, 0.15) is 70.6 Å². The van der Waals surface area contributed by atoms with Crippen LogP contribution < -0.4 is 5.32 Å². The lowest BCUT2D eigenvalue weighted by atomic mass is 9.92. The van der Waals surface area contributed by atoms with Gasteiger partial charge in [0.25, 0.3) is 0 Å². The van der Waals surface area contributed by atoms with Crippen molar-refractivity contribution in [3.63, 3.8) is 0 Å². The van der Waals surface area contributed by atoms with Crippen molar-refractivity contribution in [3.8, 4) is 11.1 Å². The molecule has 0 unspecified atom stereocenters. The minimum Gasteiger partial charge on any atom is -0.481 e. The molecule has 0 bridgehead atoms. The second-order valence-electron chi connectivity index (χ2n) is 10.5. The number of para-hydroxylation sites is 1. The third-order valence-electron chi connectivity index (χ3n) is 6.13. The van der Waals surface area contributed by atoms with E-state index in [0.29, 0.717) is 18.0 Å². The fraction of sp³-hybridized carbons (Fsp3) is 0.419. The van der Waals surface area contributed by atoms with Crippen molar-refractivity contribution >= 4 is 22.9 Å². The molecule has 6 nitrogen and oxygen atoms in total. The average molecular weight is 523 g/mol. The summed E-state index contributed by atoms with van der Waals surface area (Å²) in [4.78, 5) is 15.6. The standard InChI is InChI=1S/C25H24FNO4.C6H15N/c26-17-9-7-15(8-10-17)24-20-3-1-2-4-22(20)27-25(16-5-6-16)21(24)12-11-18(28)13-19(29)14-23(30)31;1-5(2)7-6(3)4/h1-4,7-12,16,18-19,28-29H,5-6,13-14H2,(H,30,31);5-7H,1-4H3/t18-,19-;/m1./s1. The monoisotopic (exact) mass is 522 g/mol. The Bertz CT molecular complexity index is 1230. The van der Waals surface area contributed by atoms with Crippen molar-refractivity contribution < 1.29 is 24.5 Å². The van der Waals surface area contributed by atoms with E-state index in [9.17, 15) is 19.4 Å². The second kappa shape index (κ2) is 13.6. The molecule has 1 aliphatic rings. The Labute approximate surface area is 224 Å². The number of benzene rings is 2. The van der Waals surface area contributed by atoms with Crippen molar-refractivity contribution in [2.24, 2.45) is 0 Å². The largest absolute Gasteiger partial charge is 0.481 e. The lowest BCUT2D eigenvalue weighted by Gasteiger charge is -2.16. The summed E-state index contributed by atoms with van der Waals surface area (Å²) < 4.78 is 13.6. The molecule has 1 saturated carbocycles. The van der Waals surface area contributed by atoms with Crippen LogP contribution in [0.4, 0.5) is 4.39 Å². The van der Waals surface area contributed by atoms with E-state index in [1.807, 2.05) is 24.3 Å². The summed E-state index contributed by atoms with van der Waals surface area (Å²) >= 11 is 0. The van der Waals surface area contributed by atoms with Gasteiger partial charge in [-0.25, -0.2) is 4.39 Å². The molecule has 1 heterocycles. The van der Waals surface area contributed by atoms with E-state index in [0.717, 1.165) is 46.1 Å². The van der Waals surface area contributed by atoms with Gasteiger partial charge in [-0.3, -0.25) is 9.78 Å². The fourth-order valence-corrected chi connectivity index (χ4v) is 4.53. The van der Waals surface area contributed by atoms with Crippen molar-refractivity contribution in [1.29, 1.82) is 0 Å². The highest BCUT2D eigenvalue weighted by Crippen LogP contribution is 2.45. The van der Waals surface area contributed by atoms with Gasteiger partial charge in [-0.15, -0.1) is 0 Å². The molecular weight excluding hydrogens is 483 g/mol. The number of rotatable bonds is 10. The van der Waals surface area contributed by atoms with Crippen LogP contribution in [0.2, 0.25) is 0 Å². The van der Waals surface area contributed by atoms with Crippen molar-refractivity contribution in [1.82, 2.24) is 10.3 Å². The van der Waals surface area contributed by atoms with E-state index >= 15 is 0 Å². The maximum Gasteiger partial charge on any atom is 0.305 e. The van der Waals surface area contributed by atoms with Crippen molar-refractivity contribution in [3.05, 3.63) is 71.7 Å². The molecule has 2 aromatic carbocycles. The summed E-state index contributed by atoms with van der Waals surface area (Å²) in [5.41, 5.74) is 4.43. The van der Waals surface area contributed by atoms with Crippen molar-refractivity contribution in [2.75, 3.05) is 0 Å². The van der Waals surface area contributed by atoms with Gasteiger partial charge < -0.3 is 20.6 Å². The van der Waals surface area contributed by atoms with Crippen LogP contribution in [0.3, 0.4) is 0 Å². The first-order valence-electron chi connectivity index (χ1n) is 13.3. The van der Waals surface area contributed by atoms with Crippen LogP contribution in [-0.2, 0) is 4.79 Å². The number of carboxylic acids is 1. The van der Waals surface area contributed by atoms with Gasteiger partial charge in [-0.1, -0.05) is 70.2 Å². The Kier molecular flexibility index (Phi) is 10.5. The summed E-state index contributed by atoms with van der Waals surface area (Å²) in [7, 11) is 0. The van der Waals surface area contributed by atoms with E-state index in [-0.39, 0.29) is 12.2 Å². The van der Waals surface area contributed by atoms with Crippen LogP contribution in [0, 0.1) is 5.82 Å². The van der Waals surface area contributed by atoms with Crippen LogP contribution in [0.15, 0.2) is 54.6 Å². The number of fused-ring (bicyclic) bond motifs is 1. The Morgan fingerprint density at radius 3 is 2.24 bits per heavy atom. The number of carboxylic acid groups (broad SMARTS) is 1. The van der Waals surface area contributed by atoms with E-state index in [4.69, 9.17) is 10.1 Å². The SMILES string of the molecule is CC(C)NC(C)C.O=C(O)C[C@H](O)C[C@H](O)C=Cc1c(C2CC2)nc2ccccc2c1-c1ccc(F)cc1. The number of pyridine rings is 1. The van der Waals surface area contributed by atoms with Gasteiger partial charge in [0, 0.05) is 40.9 Å². The van der Waals surface area contributed by atoms with Gasteiger partial charge in [-0.05, 0) is 36.6 Å². The molecule has 7 heteroatoms. The maximum atomic E-state index is 13.6. The van der Waals surface area contributed by atoms with Gasteiger partial charge in [0.1, 0.15) is 5.82 Å². The zero-order valence-electron chi connectivity index (χ0n) is 22.6. The number of aromatic nitrogens is 1. The molecule has 0 saturated heterocycles. The number of carbonyl (C=O) groups is 1. The van der Waals surface area contributed by atoms with Crippen LogP contribution >= 0.6 is 0 Å². The molecule has 1 fully saturated rings. The topological polar surface area (TPSA) is 103 Å². The lowest BCUT2D eigenvalue weighted by molar-refractivity contribution is -0.139. The molecule has 0 amide bonds. The second-order valence-corrected chi connectivity index (χ2v) is 10.5. The summed E-state index contributed by atoms with van der Waals surface area (Å²) in [6, 6.07) is 15.4. The van der Waals surface area contributed by atoms with Gasteiger partial charge in [0.05, 0.1) is 29.8 Å². The highest BCUT2D eigenvalue weighted by molar-refractivity contribution is 5.99. The van der Waals surface area contributed by atoms with E-state index < -0.39 is 24.6 Å². The molecule has 4 rings (SSSR count). The Morgan fingerprint density at radius 1 is 1.05 bits per heavy atom. The van der Waals surface area contributed by atoms with Gasteiger partial charge in [0.2, 0.25) is 0 Å². The van der Waals surface area contributed by atoms with Crippen LogP contribution in [0.25, 0.3) is 28.1 Å². The number of aliphatic hydroxyl groups is 2. The van der Waals surface area contributed by atoms with Crippen LogP contribution in [-0.4, -0.2) is 50.6 Å². The zero-order valence-corrected chi connectivity index (χ0v) is 22.6. The Balaban J connectivity index is 0.000000505. The molecule has 0 spiro atoms. The molecule has 0 aliphatic heterocycles. The quantitative estimate of drug-likeness (QED) is 0.264. The van der Waals surface area contributed by atoms with E-state index in [1.54, 1.807) is 24.3 Å². The Hall–Kier alpha value is -3.13. The first-order valence-corrected chi connectivity index (χ1v) is 13.3. The molecule has 2 atom stereocenters. The molecule has 4 N–H and O–H groups in total. The third kappa shape index (κ3) is 8.72. The molecule has 38 heavy (non-hydrogen) atoms. The minimum absolute atomic E-state index is 0.0749. The highest BCUT2D eigenvalue weighted by Gasteiger charge is 2.29. The summed E-state index contributed by atoms with van der Waals surface area (Å²) in [6.07, 6.45) is 2.80. The first-order chi connectivity index (χ1) is 18.0. The highest BCUT2D eigenvalue weighted by atomic mass is 19.1. The maximum absolute atomic E-state index is 13.6. The van der Waals surface area contributed by atoms with E-state index in [1.165, 1.54) is 12.1 Å². The predicted molar refractivity (Wildman–Crippen MR) is 150 cm³/mol. The number of nitrogens with zero attached hydrogens (tertiary/aromatic N) is 1. The molecule has 0 radical (unpaired) electrons. The zero-order chi connectivity index (χ0) is 27.8. The Morgan fingerprint density at radius 2 is 1.68 bits per heavy atom. The number of hydrogen-bond donors (Lipinski definition) is 4. The summed E-state index contributed by atoms with van der Waals surface area (Å²) in [6.45, 7) is 8.61. The summed E-state index contributed by atoms with van der Waals surface area (Å²) in [5, 5.41) is 33.2. The minimum atomic E-state index is -1.13. The lowest BCUT2D eigenvalue weighted by Crippen LogP contribution is -2.29. The number of aliphatic carboxylic acids is 1. The predicted octanol–water partition coefficient (Wildman–Crippen LogP) is 5.91. The fourth-order valence-electron chi connectivity index (χ4n) is 4.53. The van der Waals surface area contributed by atoms with Crippen LogP contribution in [0.5, 0.6) is 0 Å². The number of nitrogens with one attached hydrogen (secondary N) is 1. The number of halogens is 1. The number of aliphatic hydroxyl groups excluding tert-OH is 2.